The average Bonchev–Trinajstić information content (AvgIpc) is 3.20. The number of unbranched alkanes of at least 4 members (excludes halogenated alkanes) is 2. The third-order valence-electron chi connectivity index (χ3n) is 9.90. The summed E-state index contributed by atoms with van der Waals surface area (Å²) in [5.74, 6) is -0.265. The van der Waals surface area contributed by atoms with Gasteiger partial charge in [-0.3, -0.25) is 0 Å². The largest absolute Gasteiger partial charge is 0.413 e. The molecule has 0 bridgehead atoms. The van der Waals surface area contributed by atoms with E-state index in [4.69, 9.17) is 8.85 Å². The molecule has 1 aliphatic carbocycles. The van der Waals surface area contributed by atoms with Crippen molar-refractivity contribution in [3.8, 4) is 0 Å². The van der Waals surface area contributed by atoms with E-state index in [-0.39, 0.29) is 34.2 Å². The smallest absolute Gasteiger partial charge is 0.192 e. The lowest BCUT2D eigenvalue weighted by atomic mass is 10.0. The number of sulfone groups is 1. The van der Waals surface area contributed by atoms with E-state index < -0.39 is 31.7 Å². The molecule has 5 nitrogen and oxygen atoms in total. The number of rotatable bonds is 13. The summed E-state index contributed by atoms with van der Waals surface area (Å²) in [6.45, 7) is 24.9. The van der Waals surface area contributed by atoms with Crippen LogP contribution in [0.1, 0.15) is 80.6 Å². The molecule has 1 aromatic carbocycles. The fraction of sp³-hybridized carbons (Fsp3) is 0.758. The van der Waals surface area contributed by atoms with Gasteiger partial charge in [0.15, 0.2) is 26.5 Å². The lowest BCUT2D eigenvalue weighted by Crippen LogP contribution is -2.46. The molecule has 0 amide bonds. The fourth-order valence-electron chi connectivity index (χ4n) is 5.20. The maximum Gasteiger partial charge on any atom is 0.192 e. The molecule has 8 heteroatoms. The van der Waals surface area contributed by atoms with Crippen LogP contribution in [0.4, 0.5) is 0 Å². The second kappa shape index (κ2) is 13.9. The lowest BCUT2D eigenvalue weighted by molar-refractivity contribution is 0.152. The fourth-order valence-corrected chi connectivity index (χ4v) is 10.2. The van der Waals surface area contributed by atoms with E-state index in [1.165, 1.54) is 6.42 Å². The number of nitrogens with zero attached hydrogens (tertiary/aromatic N) is 1. The van der Waals surface area contributed by atoms with Crippen molar-refractivity contribution in [2.75, 3.05) is 14.1 Å². The molecular weight excluding hydrogens is 563 g/mol. The summed E-state index contributed by atoms with van der Waals surface area (Å²) in [6.07, 6.45) is 9.23. The number of hydrogen-bond acceptors (Lipinski definition) is 5. The van der Waals surface area contributed by atoms with Gasteiger partial charge in [-0.15, -0.1) is 0 Å². The standard InChI is InChI=1S/C33H61NO4SSi2/c1-14-15-17-20-26(37-40(10,11)32(2,3)4)23-24-28-30(38-41(12,13)33(5,6)7)25-29(34(8)9)31(28)39(35,36)27-21-18-16-19-22-27/h16,18-19,21-24,26,28-31H,14-15,17,20,25H2,1-13H3/b24-23+/t26-,28-,29-,30+,31+/m0/s1. The minimum Gasteiger partial charge on any atom is -0.413 e. The van der Waals surface area contributed by atoms with Gasteiger partial charge in [0.1, 0.15) is 0 Å². The van der Waals surface area contributed by atoms with Crippen LogP contribution in [0.5, 0.6) is 0 Å². The van der Waals surface area contributed by atoms with Crippen LogP contribution in [0.25, 0.3) is 0 Å². The van der Waals surface area contributed by atoms with Crippen molar-refractivity contribution >= 4 is 26.5 Å². The molecule has 0 heterocycles. The highest BCUT2D eigenvalue weighted by atomic mass is 32.2. The van der Waals surface area contributed by atoms with Crippen LogP contribution in [-0.2, 0) is 18.7 Å². The molecule has 1 aliphatic rings. The Morgan fingerprint density at radius 2 is 1.51 bits per heavy atom. The zero-order chi connectivity index (χ0) is 31.4. The van der Waals surface area contributed by atoms with Crippen molar-refractivity contribution in [2.24, 2.45) is 5.92 Å². The van der Waals surface area contributed by atoms with Crippen LogP contribution in [0.3, 0.4) is 0 Å². The number of hydrogen-bond donors (Lipinski definition) is 0. The van der Waals surface area contributed by atoms with Crippen molar-refractivity contribution in [3.63, 3.8) is 0 Å². The Bertz CT molecular complexity index is 1090. The quantitative estimate of drug-likeness (QED) is 0.125. The molecule has 236 valence electrons. The Hall–Kier alpha value is -0.776. The molecule has 5 atom stereocenters. The predicted octanol–water partition coefficient (Wildman–Crippen LogP) is 8.70. The minimum atomic E-state index is -3.62. The molecule has 0 radical (unpaired) electrons. The Morgan fingerprint density at radius 3 is 2.00 bits per heavy atom. The monoisotopic (exact) mass is 623 g/mol. The molecule has 1 saturated carbocycles. The summed E-state index contributed by atoms with van der Waals surface area (Å²) in [6, 6.07) is 8.83. The van der Waals surface area contributed by atoms with Crippen molar-refractivity contribution in [1.82, 2.24) is 4.90 Å². The Kier molecular flexibility index (Phi) is 12.3. The molecule has 0 N–H and O–H groups in total. The normalized spacial score (nSPS) is 24.0. The first-order valence-electron chi connectivity index (χ1n) is 15.6. The Morgan fingerprint density at radius 1 is 0.951 bits per heavy atom. The van der Waals surface area contributed by atoms with Gasteiger partial charge in [0, 0.05) is 12.0 Å². The van der Waals surface area contributed by atoms with Crippen molar-refractivity contribution < 1.29 is 17.3 Å². The van der Waals surface area contributed by atoms with Crippen LogP contribution in [0, 0.1) is 5.92 Å². The number of benzene rings is 1. The summed E-state index contributed by atoms with van der Waals surface area (Å²) in [5.41, 5.74) is 0. The van der Waals surface area contributed by atoms with Gasteiger partial charge in [-0.2, -0.15) is 0 Å². The molecule has 0 aliphatic heterocycles. The third-order valence-corrected chi connectivity index (χ3v) is 21.2. The van der Waals surface area contributed by atoms with Gasteiger partial charge in [-0.1, -0.05) is 98.1 Å². The third kappa shape index (κ3) is 9.11. The topological polar surface area (TPSA) is 55.8 Å². The molecule has 0 unspecified atom stereocenters. The molecule has 0 spiro atoms. The van der Waals surface area contributed by atoms with Crippen molar-refractivity contribution in [2.45, 2.75) is 145 Å². The van der Waals surface area contributed by atoms with Gasteiger partial charge < -0.3 is 13.8 Å². The minimum absolute atomic E-state index is 0.0272. The van der Waals surface area contributed by atoms with E-state index in [9.17, 15) is 8.42 Å². The summed E-state index contributed by atoms with van der Waals surface area (Å²) < 4.78 is 42.7. The molecule has 41 heavy (non-hydrogen) atoms. The lowest BCUT2D eigenvalue weighted by Gasteiger charge is -2.40. The van der Waals surface area contributed by atoms with Crippen LogP contribution in [-0.4, -0.2) is 67.5 Å². The predicted molar refractivity (Wildman–Crippen MR) is 180 cm³/mol. The summed E-state index contributed by atoms with van der Waals surface area (Å²) in [4.78, 5) is 2.48. The summed E-state index contributed by atoms with van der Waals surface area (Å²) >= 11 is 0. The second-order valence-corrected chi connectivity index (χ2v) is 27.0. The first kappa shape index (κ1) is 36.4. The Labute approximate surface area is 255 Å². The van der Waals surface area contributed by atoms with Crippen LogP contribution >= 0.6 is 0 Å². The van der Waals surface area contributed by atoms with E-state index in [2.05, 4.69) is 91.7 Å². The van der Waals surface area contributed by atoms with E-state index in [0.29, 0.717) is 11.3 Å². The maximum atomic E-state index is 14.4. The molecule has 0 aromatic heterocycles. The molecular formula is C33H61NO4SSi2. The van der Waals surface area contributed by atoms with Crippen molar-refractivity contribution in [1.29, 1.82) is 0 Å². The van der Waals surface area contributed by atoms with Gasteiger partial charge in [-0.05, 0) is 75.3 Å². The molecule has 1 aromatic rings. The SMILES string of the molecule is CCCCC[C@@H](/C=C/[C@@H]1[C@@H](S(=O)(=O)c2ccccc2)[C@@H](N(C)C)C[C@H]1O[Si](C)(C)C(C)(C)C)O[Si](C)(C)C(C)(C)C. The summed E-state index contributed by atoms with van der Waals surface area (Å²) in [7, 11) is -3.81. The van der Waals surface area contributed by atoms with Gasteiger partial charge in [0.25, 0.3) is 0 Å². The van der Waals surface area contributed by atoms with Crippen LogP contribution < -0.4 is 0 Å². The zero-order valence-electron chi connectivity index (χ0n) is 28.5. The first-order valence-corrected chi connectivity index (χ1v) is 23.0. The van der Waals surface area contributed by atoms with E-state index in [1.807, 2.05) is 32.3 Å². The maximum absolute atomic E-state index is 14.4. The first-order chi connectivity index (χ1) is 18.7. The highest BCUT2D eigenvalue weighted by Crippen LogP contribution is 2.45. The second-order valence-electron chi connectivity index (χ2n) is 15.4. The van der Waals surface area contributed by atoms with Gasteiger partial charge in [0.05, 0.1) is 22.4 Å². The summed E-state index contributed by atoms with van der Waals surface area (Å²) in [5, 5.41) is -0.477. The molecule has 2 rings (SSSR count). The van der Waals surface area contributed by atoms with E-state index in [0.717, 1.165) is 19.3 Å². The highest BCUT2D eigenvalue weighted by Gasteiger charge is 2.53. The average molecular weight is 624 g/mol. The van der Waals surface area contributed by atoms with Gasteiger partial charge in [0.2, 0.25) is 0 Å². The van der Waals surface area contributed by atoms with Gasteiger partial charge in [-0.25, -0.2) is 8.42 Å². The van der Waals surface area contributed by atoms with Crippen molar-refractivity contribution in [3.05, 3.63) is 42.5 Å². The molecule has 0 saturated heterocycles. The zero-order valence-corrected chi connectivity index (χ0v) is 31.3. The molecule has 1 fully saturated rings. The highest BCUT2D eigenvalue weighted by molar-refractivity contribution is 7.92. The van der Waals surface area contributed by atoms with E-state index >= 15 is 0 Å². The van der Waals surface area contributed by atoms with E-state index in [1.54, 1.807) is 12.1 Å². The Balaban J connectivity index is 2.63. The van der Waals surface area contributed by atoms with Crippen LogP contribution in [0.15, 0.2) is 47.4 Å². The van der Waals surface area contributed by atoms with Crippen LogP contribution in [0.2, 0.25) is 36.3 Å². The van der Waals surface area contributed by atoms with Gasteiger partial charge >= 0.3 is 0 Å².